The summed E-state index contributed by atoms with van der Waals surface area (Å²) in [6.07, 6.45) is 4.93. The quantitative estimate of drug-likeness (QED) is 0.827. The highest BCUT2D eigenvalue weighted by molar-refractivity contribution is 5.20. The molecule has 1 N–H and O–H groups in total. The average Bonchev–Trinajstić information content (AvgIpc) is 3.25. The Hall–Kier alpha value is -1.60. The molecule has 1 saturated carbocycles. The largest absolute Gasteiger partial charge is 0.311 e. The predicted molar refractivity (Wildman–Crippen MR) is 80.2 cm³/mol. The molecule has 1 nitrogen and oxygen atoms in total. The molecule has 0 unspecified atom stereocenters. The molecule has 1 aliphatic carbocycles. The number of hydrogen-bond acceptors (Lipinski definition) is 1. The van der Waals surface area contributed by atoms with Crippen LogP contribution in [-0.4, -0.2) is 12.1 Å². The summed E-state index contributed by atoms with van der Waals surface area (Å²) in [6.45, 7) is 0. The highest BCUT2D eigenvalue weighted by Gasteiger charge is 2.24. The van der Waals surface area contributed by atoms with Crippen LogP contribution in [-0.2, 0) is 12.8 Å². The van der Waals surface area contributed by atoms with E-state index in [2.05, 4.69) is 66.0 Å². The van der Waals surface area contributed by atoms with Crippen molar-refractivity contribution >= 4 is 0 Å². The van der Waals surface area contributed by atoms with E-state index in [0.29, 0.717) is 6.04 Å². The first kappa shape index (κ1) is 12.4. The van der Waals surface area contributed by atoms with Gasteiger partial charge in [-0.3, -0.25) is 0 Å². The smallest absolute Gasteiger partial charge is 0.0150 e. The fourth-order valence-electron chi connectivity index (χ4n) is 2.57. The van der Waals surface area contributed by atoms with Crippen molar-refractivity contribution in [3.8, 4) is 0 Å². The second-order valence-corrected chi connectivity index (χ2v) is 5.52. The molecule has 1 fully saturated rings. The van der Waals surface area contributed by atoms with Crippen LogP contribution < -0.4 is 5.32 Å². The Kier molecular flexibility index (Phi) is 3.95. The van der Waals surface area contributed by atoms with Gasteiger partial charge in [0.1, 0.15) is 0 Å². The molecule has 3 rings (SSSR count). The zero-order valence-corrected chi connectivity index (χ0v) is 11.3. The monoisotopic (exact) mass is 251 g/mol. The van der Waals surface area contributed by atoms with Crippen molar-refractivity contribution < 1.29 is 0 Å². The van der Waals surface area contributed by atoms with Gasteiger partial charge in [-0.05, 0) is 36.8 Å². The zero-order chi connectivity index (χ0) is 12.9. The highest BCUT2D eigenvalue weighted by Crippen LogP contribution is 2.21. The van der Waals surface area contributed by atoms with Gasteiger partial charge >= 0.3 is 0 Å². The van der Waals surface area contributed by atoms with Gasteiger partial charge in [-0.25, -0.2) is 0 Å². The first-order valence-electron chi connectivity index (χ1n) is 7.24. The summed E-state index contributed by atoms with van der Waals surface area (Å²) < 4.78 is 0. The SMILES string of the molecule is c1ccc(CC(Cc2ccccc2)NC2CC2)cc1. The van der Waals surface area contributed by atoms with Crippen LogP contribution in [0.2, 0.25) is 0 Å². The molecule has 0 bridgehead atoms. The first-order chi connectivity index (χ1) is 9.40. The molecule has 0 spiro atoms. The summed E-state index contributed by atoms with van der Waals surface area (Å²) in [5.41, 5.74) is 2.85. The lowest BCUT2D eigenvalue weighted by Gasteiger charge is -2.19. The Morgan fingerprint density at radius 3 is 1.68 bits per heavy atom. The number of hydrogen-bond donors (Lipinski definition) is 1. The van der Waals surface area contributed by atoms with Crippen LogP contribution in [0.4, 0.5) is 0 Å². The molecule has 0 aromatic heterocycles. The van der Waals surface area contributed by atoms with Crippen molar-refractivity contribution in [1.29, 1.82) is 0 Å². The van der Waals surface area contributed by atoms with Gasteiger partial charge in [0.15, 0.2) is 0 Å². The minimum absolute atomic E-state index is 0.553. The fourth-order valence-corrected chi connectivity index (χ4v) is 2.57. The zero-order valence-electron chi connectivity index (χ0n) is 11.3. The molecule has 0 atom stereocenters. The van der Waals surface area contributed by atoms with Gasteiger partial charge in [-0.15, -0.1) is 0 Å². The Labute approximate surface area is 115 Å². The topological polar surface area (TPSA) is 12.0 Å². The normalized spacial score (nSPS) is 14.8. The summed E-state index contributed by atoms with van der Waals surface area (Å²) in [5, 5.41) is 3.79. The van der Waals surface area contributed by atoms with Crippen molar-refractivity contribution in [2.45, 2.75) is 37.8 Å². The lowest BCUT2D eigenvalue weighted by Crippen LogP contribution is -2.34. The predicted octanol–water partition coefficient (Wildman–Crippen LogP) is 3.59. The molecule has 0 heterocycles. The third-order valence-corrected chi connectivity index (χ3v) is 3.70. The summed E-state index contributed by atoms with van der Waals surface area (Å²) in [6, 6.07) is 22.9. The van der Waals surface area contributed by atoms with Crippen LogP contribution in [0, 0.1) is 0 Å². The maximum Gasteiger partial charge on any atom is 0.0150 e. The molecule has 0 saturated heterocycles. The lowest BCUT2D eigenvalue weighted by molar-refractivity contribution is 0.502. The Bertz CT molecular complexity index is 446. The van der Waals surface area contributed by atoms with E-state index >= 15 is 0 Å². The van der Waals surface area contributed by atoms with E-state index in [4.69, 9.17) is 0 Å². The number of nitrogens with one attached hydrogen (secondary N) is 1. The highest BCUT2D eigenvalue weighted by atomic mass is 15.0. The van der Waals surface area contributed by atoms with E-state index in [1.165, 1.54) is 24.0 Å². The Balaban J connectivity index is 1.66. The minimum Gasteiger partial charge on any atom is -0.311 e. The fraction of sp³-hybridized carbons (Fsp3) is 0.333. The standard InChI is InChI=1S/C18H21N/c1-3-7-15(8-4-1)13-18(19-17-11-12-17)14-16-9-5-2-6-10-16/h1-10,17-19H,11-14H2. The van der Waals surface area contributed by atoms with Crippen LogP contribution in [0.15, 0.2) is 60.7 Å². The third-order valence-electron chi connectivity index (χ3n) is 3.70. The summed E-state index contributed by atoms with van der Waals surface area (Å²) in [7, 11) is 0. The number of rotatable bonds is 6. The second kappa shape index (κ2) is 6.03. The van der Waals surface area contributed by atoms with Crippen LogP contribution in [0.1, 0.15) is 24.0 Å². The van der Waals surface area contributed by atoms with Crippen LogP contribution in [0.25, 0.3) is 0 Å². The molecule has 1 aliphatic rings. The molecule has 0 amide bonds. The molecule has 0 aliphatic heterocycles. The summed E-state index contributed by atoms with van der Waals surface area (Å²) in [5.74, 6) is 0. The van der Waals surface area contributed by atoms with Crippen molar-refractivity contribution in [2.75, 3.05) is 0 Å². The van der Waals surface area contributed by atoms with Crippen molar-refractivity contribution in [1.82, 2.24) is 5.32 Å². The van der Waals surface area contributed by atoms with Crippen molar-refractivity contribution in [2.24, 2.45) is 0 Å². The molecule has 1 heteroatoms. The van der Waals surface area contributed by atoms with Gasteiger partial charge in [0.25, 0.3) is 0 Å². The first-order valence-corrected chi connectivity index (χ1v) is 7.24. The molecular weight excluding hydrogens is 230 g/mol. The van der Waals surface area contributed by atoms with E-state index in [0.717, 1.165) is 18.9 Å². The van der Waals surface area contributed by atoms with Gasteiger partial charge in [-0.1, -0.05) is 60.7 Å². The van der Waals surface area contributed by atoms with Crippen LogP contribution in [0.5, 0.6) is 0 Å². The van der Waals surface area contributed by atoms with E-state index in [9.17, 15) is 0 Å². The minimum atomic E-state index is 0.553. The van der Waals surface area contributed by atoms with Crippen molar-refractivity contribution in [3.05, 3.63) is 71.8 Å². The molecule has 19 heavy (non-hydrogen) atoms. The Morgan fingerprint density at radius 2 is 1.26 bits per heavy atom. The third kappa shape index (κ3) is 3.93. The average molecular weight is 251 g/mol. The van der Waals surface area contributed by atoms with Crippen LogP contribution >= 0.6 is 0 Å². The lowest BCUT2D eigenvalue weighted by atomic mass is 9.99. The van der Waals surface area contributed by atoms with Gasteiger partial charge in [-0.2, -0.15) is 0 Å². The number of benzene rings is 2. The van der Waals surface area contributed by atoms with Gasteiger partial charge in [0.05, 0.1) is 0 Å². The van der Waals surface area contributed by atoms with E-state index in [1.807, 2.05) is 0 Å². The molecule has 98 valence electrons. The van der Waals surface area contributed by atoms with Crippen molar-refractivity contribution in [3.63, 3.8) is 0 Å². The van der Waals surface area contributed by atoms with Gasteiger partial charge in [0, 0.05) is 12.1 Å². The van der Waals surface area contributed by atoms with Gasteiger partial charge in [0.2, 0.25) is 0 Å². The van der Waals surface area contributed by atoms with E-state index in [1.54, 1.807) is 0 Å². The molecular formula is C18H21N. The van der Waals surface area contributed by atoms with E-state index < -0.39 is 0 Å². The summed E-state index contributed by atoms with van der Waals surface area (Å²) >= 11 is 0. The second-order valence-electron chi connectivity index (χ2n) is 5.52. The molecule has 0 radical (unpaired) electrons. The van der Waals surface area contributed by atoms with Gasteiger partial charge < -0.3 is 5.32 Å². The molecule has 2 aromatic carbocycles. The maximum atomic E-state index is 3.79. The van der Waals surface area contributed by atoms with E-state index in [-0.39, 0.29) is 0 Å². The Morgan fingerprint density at radius 1 is 0.789 bits per heavy atom. The van der Waals surface area contributed by atoms with Crippen LogP contribution in [0.3, 0.4) is 0 Å². The maximum absolute atomic E-state index is 3.79. The summed E-state index contributed by atoms with van der Waals surface area (Å²) in [4.78, 5) is 0. The molecule has 2 aromatic rings.